The van der Waals surface area contributed by atoms with Crippen molar-refractivity contribution in [1.29, 1.82) is 0 Å². The minimum Gasteiger partial charge on any atom is -0.384 e. The highest BCUT2D eigenvalue weighted by Crippen LogP contribution is 2.36. The van der Waals surface area contributed by atoms with E-state index < -0.39 is 10.0 Å². The van der Waals surface area contributed by atoms with Crippen molar-refractivity contribution in [3.05, 3.63) is 84.4 Å². The first-order chi connectivity index (χ1) is 18.9. The third kappa shape index (κ3) is 5.07. The predicted octanol–water partition coefficient (Wildman–Crippen LogP) is 6.38. The van der Waals surface area contributed by atoms with Crippen LogP contribution in [0, 0.1) is 0 Å². The average molecular weight is 559 g/mol. The van der Waals surface area contributed by atoms with E-state index in [0.717, 1.165) is 29.5 Å². The number of hydrogen-bond donors (Lipinski definition) is 2. The first-order valence-electron chi connectivity index (χ1n) is 12.9. The van der Waals surface area contributed by atoms with Gasteiger partial charge in [0.2, 0.25) is 0 Å². The molecule has 1 saturated carbocycles. The van der Waals surface area contributed by atoms with Crippen molar-refractivity contribution in [3.63, 3.8) is 0 Å². The Morgan fingerprint density at radius 2 is 1.67 bits per heavy atom. The standard InChI is InChI=1S/C29H27ClN6O2S/c30-26-14-20(15-28(35-26)34-22-7-3-1-4-8-22)25-18-36(39(37,38)23-9-5-2-6-10-23)29-24(25)13-21(17-33-29)19-11-12-27(31)32-16-19/h2,5-6,9-18,22H,1,3-4,7-8H2,(H2,31,32)(H,34,35). The number of anilines is 2. The molecule has 10 heteroatoms. The first kappa shape index (κ1) is 25.3. The molecule has 0 spiro atoms. The molecule has 0 aliphatic heterocycles. The van der Waals surface area contributed by atoms with Gasteiger partial charge in [0.25, 0.3) is 10.0 Å². The summed E-state index contributed by atoms with van der Waals surface area (Å²) in [5, 5.41) is 4.51. The number of nitrogens with two attached hydrogens (primary N) is 1. The Morgan fingerprint density at radius 3 is 2.41 bits per heavy atom. The Labute approximate surface area is 232 Å². The fraction of sp³-hybridized carbons (Fsp3) is 0.207. The van der Waals surface area contributed by atoms with Crippen molar-refractivity contribution in [3.8, 4) is 22.3 Å². The summed E-state index contributed by atoms with van der Waals surface area (Å²) in [5.74, 6) is 1.08. The van der Waals surface area contributed by atoms with Crippen molar-refractivity contribution in [1.82, 2.24) is 18.9 Å². The van der Waals surface area contributed by atoms with Gasteiger partial charge in [0.15, 0.2) is 5.65 Å². The normalized spacial score (nSPS) is 14.5. The van der Waals surface area contributed by atoms with Crippen LogP contribution in [0.3, 0.4) is 0 Å². The number of halogens is 1. The van der Waals surface area contributed by atoms with Gasteiger partial charge in [-0.1, -0.05) is 49.1 Å². The van der Waals surface area contributed by atoms with Gasteiger partial charge in [0.1, 0.15) is 16.8 Å². The summed E-state index contributed by atoms with van der Waals surface area (Å²) in [6, 6.07) is 17.8. The van der Waals surface area contributed by atoms with Gasteiger partial charge < -0.3 is 11.1 Å². The van der Waals surface area contributed by atoms with Crippen molar-refractivity contribution in [2.75, 3.05) is 11.1 Å². The van der Waals surface area contributed by atoms with Crippen LogP contribution in [0.1, 0.15) is 32.1 Å². The first-order valence-corrected chi connectivity index (χ1v) is 14.7. The molecule has 3 N–H and O–H groups in total. The Bertz CT molecular complexity index is 1750. The quantitative estimate of drug-likeness (QED) is 0.232. The number of benzene rings is 1. The highest BCUT2D eigenvalue weighted by molar-refractivity contribution is 7.90. The predicted molar refractivity (Wildman–Crippen MR) is 155 cm³/mol. The lowest BCUT2D eigenvalue weighted by atomic mass is 9.95. The second kappa shape index (κ2) is 10.3. The monoisotopic (exact) mass is 558 g/mol. The van der Waals surface area contributed by atoms with Crippen LogP contribution in [0.5, 0.6) is 0 Å². The fourth-order valence-electron chi connectivity index (χ4n) is 5.11. The zero-order chi connectivity index (χ0) is 27.0. The molecule has 198 valence electrons. The lowest BCUT2D eigenvalue weighted by molar-refractivity contribution is 0.462. The third-order valence-corrected chi connectivity index (χ3v) is 8.95. The molecule has 0 radical (unpaired) electrons. The zero-order valence-corrected chi connectivity index (χ0v) is 22.7. The Balaban J connectivity index is 1.52. The summed E-state index contributed by atoms with van der Waals surface area (Å²) >= 11 is 6.49. The Hall–Kier alpha value is -3.95. The Kier molecular flexibility index (Phi) is 6.70. The molecule has 0 saturated heterocycles. The summed E-state index contributed by atoms with van der Waals surface area (Å²) < 4.78 is 28.7. The van der Waals surface area contributed by atoms with E-state index in [-0.39, 0.29) is 4.90 Å². The van der Waals surface area contributed by atoms with E-state index in [4.69, 9.17) is 17.3 Å². The van der Waals surface area contributed by atoms with Crippen molar-refractivity contribution in [2.45, 2.75) is 43.0 Å². The molecule has 1 fully saturated rings. The van der Waals surface area contributed by atoms with E-state index in [1.807, 2.05) is 18.2 Å². The maximum absolute atomic E-state index is 13.7. The third-order valence-electron chi connectivity index (χ3n) is 7.09. The second-order valence-corrected chi connectivity index (χ2v) is 12.0. The summed E-state index contributed by atoms with van der Waals surface area (Å²) in [6.07, 6.45) is 10.7. The van der Waals surface area contributed by atoms with Gasteiger partial charge in [0.05, 0.1) is 4.90 Å². The summed E-state index contributed by atoms with van der Waals surface area (Å²) in [7, 11) is -3.92. The molecule has 1 aliphatic rings. The largest absolute Gasteiger partial charge is 0.384 e. The number of aromatic nitrogens is 4. The highest BCUT2D eigenvalue weighted by Gasteiger charge is 2.24. The number of nitrogens with zero attached hydrogens (tertiary/aromatic N) is 4. The molecule has 1 aliphatic carbocycles. The number of rotatable bonds is 6. The highest BCUT2D eigenvalue weighted by atomic mass is 35.5. The molecule has 1 aromatic carbocycles. The van der Waals surface area contributed by atoms with E-state index in [9.17, 15) is 8.42 Å². The molecule has 5 aromatic rings. The number of fused-ring (bicyclic) bond motifs is 1. The number of nitrogen functional groups attached to an aromatic ring is 1. The molecule has 4 heterocycles. The minimum atomic E-state index is -3.92. The average Bonchev–Trinajstić information content (AvgIpc) is 3.34. The summed E-state index contributed by atoms with van der Waals surface area (Å²) in [6.45, 7) is 0. The van der Waals surface area contributed by atoms with Crippen LogP contribution < -0.4 is 11.1 Å². The lowest BCUT2D eigenvalue weighted by Crippen LogP contribution is -2.22. The Morgan fingerprint density at radius 1 is 0.897 bits per heavy atom. The maximum atomic E-state index is 13.7. The molecule has 8 nitrogen and oxygen atoms in total. The van der Waals surface area contributed by atoms with Crippen molar-refractivity contribution >= 4 is 44.3 Å². The minimum absolute atomic E-state index is 0.175. The molecular weight excluding hydrogens is 532 g/mol. The van der Waals surface area contributed by atoms with Crippen molar-refractivity contribution < 1.29 is 8.42 Å². The van der Waals surface area contributed by atoms with Gasteiger partial charge in [-0.15, -0.1) is 0 Å². The van der Waals surface area contributed by atoms with E-state index in [2.05, 4.69) is 20.3 Å². The number of pyridine rings is 3. The lowest BCUT2D eigenvalue weighted by Gasteiger charge is -2.23. The smallest absolute Gasteiger partial charge is 0.269 e. The molecular formula is C29H27ClN6O2S. The summed E-state index contributed by atoms with van der Waals surface area (Å²) in [4.78, 5) is 13.5. The van der Waals surface area contributed by atoms with Gasteiger partial charge in [0, 0.05) is 46.7 Å². The van der Waals surface area contributed by atoms with Crippen LogP contribution in [-0.4, -0.2) is 33.4 Å². The molecule has 4 aromatic heterocycles. The van der Waals surface area contributed by atoms with Crippen LogP contribution in [-0.2, 0) is 10.0 Å². The van der Waals surface area contributed by atoms with Crippen LogP contribution in [0.25, 0.3) is 33.3 Å². The second-order valence-electron chi connectivity index (χ2n) is 9.77. The zero-order valence-electron chi connectivity index (χ0n) is 21.1. The van der Waals surface area contributed by atoms with Gasteiger partial charge in [-0.2, -0.15) is 0 Å². The molecule has 6 rings (SSSR count). The van der Waals surface area contributed by atoms with Gasteiger partial charge in [-0.3, -0.25) is 0 Å². The number of nitrogens with one attached hydrogen (secondary N) is 1. The molecule has 0 atom stereocenters. The van der Waals surface area contributed by atoms with Crippen LogP contribution in [0.2, 0.25) is 5.15 Å². The molecule has 39 heavy (non-hydrogen) atoms. The van der Waals surface area contributed by atoms with Gasteiger partial charge >= 0.3 is 0 Å². The molecule has 0 amide bonds. The topological polar surface area (TPSA) is 116 Å². The van der Waals surface area contributed by atoms with Gasteiger partial charge in [-0.25, -0.2) is 27.3 Å². The van der Waals surface area contributed by atoms with E-state index in [1.54, 1.807) is 61.1 Å². The van der Waals surface area contributed by atoms with E-state index >= 15 is 0 Å². The summed E-state index contributed by atoms with van der Waals surface area (Å²) in [5.41, 5.74) is 9.12. The SMILES string of the molecule is Nc1ccc(-c2cnc3c(c2)c(-c2cc(Cl)nc(NC4CCCCC4)c2)cn3S(=O)(=O)c2ccccc2)cn1. The maximum Gasteiger partial charge on any atom is 0.269 e. The van der Waals surface area contributed by atoms with E-state index in [0.29, 0.717) is 39.4 Å². The van der Waals surface area contributed by atoms with Crippen LogP contribution >= 0.6 is 11.6 Å². The number of hydrogen-bond acceptors (Lipinski definition) is 7. The molecule has 0 unspecified atom stereocenters. The van der Waals surface area contributed by atoms with Gasteiger partial charge in [-0.05, 0) is 60.9 Å². The van der Waals surface area contributed by atoms with Crippen LogP contribution in [0.4, 0.5) is 11.6 Å². The van der Waals surface area contributed by atoms with Crippen LogP contribution in [0.15, 0.2) is 84.1 Å². The molecule has 0 bridgehead atoms. The van der Waals surface area contributed by atoms with Crippen molar-refractivity contribution in [2.24, 2.45) is 0 Å². The van der Waals surface area contributed by atoms with E-state index in [1.165, 1.54) is 23.2 Å². The fourth-order valence-corrected chi connectivity index (χ4v) is 6.67.